The highest BCUT2D eigenvalue weighted by Crippen LogP contribution is 2.25. The highest BCUT2D eigenvalue weighted by atomic mass is 16.5. The summed E-state index contributed by atoms with van der Waals surface area (Å²) < 4.78 is 11.5. The van der Waals surface area contributed by atoms with Crippen molar-refractivity contribution in [2.24, 2.45) is 5.92 Å². The molecule has 142 valence electrons. The van der Waals surface area contributed by atoms with E-state index in [4.69, 9.17) is 9.15 Å². The molecular formula is C22H26N2O3. The van der Waals surface area contributed by atoms with E-state index in [9.17, 15) is 4.79 Å². The van der Waals surface area contributed by atoms with Gasteiger partial charge in [0, 0.05) is 0 Å². The molecule has 0 bridgehead atoms. The first kappa shape index (κ1) is 19.0. The van der Waals surface area contributed by atoms with Crippen molar-refractivity contribution >= 4 is 17.0 Å². The summed E-state index contributed by atoms with van der Waals surface area (Å²) in [6.45, 7) is 8.18. The molecule has 0 aliphatic carbocycles. The average Bonchev–Trinajstić information content (AvgIpc) is 3.02. The van der Waals surface area contributed by atoms with Crippen LogP contribution in [0, 0.1) is 19.8 Å². The number of oxazole rings is 1. The number of aryl methyl sites for hydroxylation is 2. The lowest BCUT2D eigenvalue weighted by Crippen LogP contribution is -2.33. The summed E-state index contributed by atoms with van der Waals surface area (Å²) in [5.41, 5.74) is 3.73. The maximum atomic E-state index is 12.5. The SMILES string of the molecule is Cc1cc(C)cc(OCC(=O)N[C@@H](CC(C)C)c2nc3ccccc3o2)c1. The zero-order valence-electron chi connectivity index (χ0n) is 16.3. The van der Waals surface area contributed by atoms with E-state index in [0.717, 1.165) is 28.6 Å². The topological polar surface area (TPSA) is 64.4 Å². The summed E-state index contributed by atoms with van der Waals surface area (Å²) in [6, 6.07) is 13.2. The Morgan fingerprint density at radius 1 is 1.15 bits per heavy atom. The molecule has 0 spiro atoms. The summed E-state index contributed by atoms with van der Waals surface area (Å²) in [5.74, 6) is 1.42. The van der Waals surface area contributed by atoms with E-state index in [0.29, 0.717) is 17.6 Å². The van der Waals surface area contributed by atoms with Crippen molar-refractivity contribution in [2.75, 3.05) is 6.61 Å². The molecule has 1 aromatic heterocycles. The Morgan fingerprint density at radius 2 is 1.85 bits per heavy atom. The number of aromatic nitrogens is 1. The largest absolute Gasteiger partial charge is 0.484 e. The van der Waals surface area contributed by atoms with Gasteiger partial charge in [0.2, 0.25) is 5.89 Å². The van der Waals surface area contributed by atoms with Crippen molar-refractivity contribution in [2.45, 2.75) is 40.2 Å². The highest BCUT2D eigenvalue weighted by molar-refractivity contribution is 5.78. The number of carbonyl (C=O) groups excluding carboxylic acids is 1. The first-order valence-electron chi connectivity index (χ1n) is 9.26. The first-order valence-corrected chi connectivity index (χ1v) is 9.26. The van der Waals surface area contributed by atoms with Gasteiger partial charge in [-0.05, 0) is 61.6 Å². The predicted octanol–water partition coefficient (Wildman–Crippen LogP) is 4.73. The van der Waals surface area contributed by atoms with Gasteiger partial charge in [-0.25, -0.2) is 4.98 Å². The Labute approximate surface area is 159 Å². The van der Waals surface area contributed by atoms with E-state index in [1.807, 2.05) is 50.2 Å². The number of benzene rings is 2. The number of hydrogen-bond donors (Lipinski definition) is 1. The summed E-state index contributed by atoms with van der Waals surface area (Å²) in [4.78, 5) is 17.0. The van der Waals surface area contributed by atoms with Gasteiger partial charge < -0.3 is 14.5 Å². The van der Waals surface area contributed by atoms with Crippen LogP contribution in [-0.4, -0.2) is 17.5 Å². The van der Waals surface area contributed by atoms with Crippen molar-refractivity contribution in [1.82, 2.24) is 10.3 Å². The molecule has 1 atom stereocenters. The third kappa shape index (κ3) is 5.09. The van der Waals surface area contributed by atoms with Crippen LogP contribution in [0.15, 0.2) is 46.9 Å². The summed E-state index contributed by atoms with van der Waals surface area (Å²) in [6.07, 6.45) is 0.738. The highest BCUT2D eigenvalue weighted by Gasteiger charge is 2.22. The Morgan fingerprint density at radius 3 is 2.52 bits per heavy atom. The van der Waals surface area contributed by atoms with E-state index in [-0.39, 0.29) is 18.6 Å². The molecule has 0 aliphatic heterocycles. The van der Waals surface area contributed by atoms with Crippen molar-refractivity contribution in [3.05, 3.63) is 59.5 Å². The molecule has 27 heavy (non-hydrogen) atoms. The Balaban J connectivity index is 1.69. The molecule has 0 radical (unpaired) electrons. The number of nitrogens with one attached hydrogen (secondary N) is 1. The Kier molecular flexibility index (Phi) is 5.79. The fourth-order valence-corrected chi connectivity index (χ4v) is 3.13. The van der Waals surface area contributed by atoms with Crippen LogP contribution in [-0.2, 0) is 4.79 Å². The van der Waals surface area contributed by atoms with E-state index >= 15 is 0 Å². The van der Waals surface area contributed by atoms with Gasteiger partial charge in [0.15, 0.2) is 12.2 Å². The molecule has 3 rings (SSSR count). The summed E-state index contributed by atoms with van der Waals surface area (Å²) >= 11 is 0. The van der Waals surface area contributed by atoms with Crippen LogP contribution in [0.2, 0.25) is 0 Å². The minimum Gasteiger partial charge on any atom is -0.484 e. The van der Waals surface area contributed by atoms with Crippen molar-refractivity contribution in [3.8, 4) is 5.75 Å². The summed E-state index contributed by atoms with van der Waals surface area (Å²) in [7, 11) is 0. The van der Waals surface area contributed by atoms with Gasteiger partial charge in [-0.3, -0.25) is 4.79 Å². The van der Waals surface area contributed by atoms with Gasteiger partial charge in [0.05, 0.1) is 0 Å². The van der Waals surface area contributed by atoms with E-state index in [1.54, 1.807) is 0 Å². The average molecular weight is 366 g/mol. The predicted molar refractivity (Wildman–Crippen MR) is 106 cm³/mol. The van der Waals surface area contributed by atoms with Crippen LogP contribution in [0.1, 0.15) is 43.3 Å². The number of carbonyl (C=O) groups is 1. The lowest BCUT2D eigenvalue weighted by Gasteiger charge is -2.18. The lowest BCUT2D eigenvalue weighted by atomic mass is 10.0. The molecule has 5 heteroatoms. The quantitative estimate of drug-likeness (QED) is 0.657. The lowest BCUT2D eigenvalue weighted by molar-refractivity contribution is -0.124. The molecule has 1 amide bonds. The molecule has 3 aromatic rings. The monoisotopic (exact) mass is 366 g/mol. The van der Waals surface area contributed by atoms with Crippen molar-refractivity contribution in [3.63, 3.8) is 0 Å². The Bertz CT molecular complexity index is 877. The van der Waals surface area contributed by atoms with Gasteiger partial charge in [-0.2, -0.15) is 0 Å². The van der Waals surface area contributed by atoms with E-state index in [1.165, 1.54) is 0 Å². The smallest absolute Gasteiger partial charge is 0.258 e. The molecular weight excluding hydrogens is 340 g/mol. The maximum Gasteiger partial charge on any atom is 0.258 e. The van der Waals surface area contributed by atoms with Crippen LogP contribution in [0.25, 0.3) is 11.1 Å². The van der Waals surface area contributed by atoms with Gasteiger partial charge >= 0.3 is 0 Å². The molecule has 0 saturated heterocycles. The van der Waals surface area contributed by atoms with Gasteiger partial charge in [-0.1, -0.05) is 32.0 Å². The molecule has 1 heterocycles. The number of fused-ring (bicyclic) bond motifs is 1. The molecule has 1 N–H and O–H groups in total. The second kappa shape index (κ2) is 8.25. The first-order chi connectivity index (χ1) is 12.9. The fourth-order valence-electron chi connectivity index (χ4n) is 3.13. The Hall–Kier alpha value is -2.82. The zero-order chi connectivity index (χ0) is 19.4. The summed E-state index contributed by atoms with van der Waals surface area (Å²) in [5, 5.41) is 3.00. The standard InChI is InChI=1S/C22H26N2O3/c1-14(2)9-19(22-24-18-7-5-6-8-20(18)27-22)23-21(25)13-26-17-11-15(3)10-16(4)12-17/h5-8,10-12,14,19H,9,13H2,1-4H3,(H,23,25)/t19-/m0/s1. The minimum atomic E-state index is -0.284. The van der Waals surface area contributed by atoms with Crippen LogP contribution in [0.3, 0.4) is 0 Å². The normalized spacial score (nSPS) is 12.3. The third-order valence-electron chi connectivity index (χ3n) is 4.22. The molecule has 0 fully saturated rings. The molecule has 0 aliphatic rings. The maximum absolute atomic E-state index is 12.5. The van der Waals surface area contributed by atoms with Crippen molar-refractivity contribution in [1.29, 1.82) is 0 Å². The second-order valence-corrected chi connectivity index (χ2v) is 7.38. The number of para-hydroxylation sites is 2. The third-order valence-corrected chi connectivity index (χ3v) is 4.22. The van der Waals surface area contributed by atoms with Gasteiger partial charge in [0.1, 0.15) is 17.3 Å². The molecule has 0 saturated carbocycles. The molecule has 5 nitrogen and oxygen atoms in total. The van der Waals surface area contributed by atoms with Gasteiger partial charge in [-0.15, -0.1) is 0 Å². The number of rotatable bonds is 7. The minimum absolute atomic E-state index is 0.0439. The number of nitrogens with zero attached hydrogens (tertiary/aromatic N) is 1. The van der Waals surface area contributed by atoms with E-state index in [2.05, 4.69) is 30.2 Å². The number of hydrogen-bond acceptors (Lipinski definition) is 4. The second-order valence-electron chi connectivity index (χ2n) is 7.38. The van der Waals surface area contributed by atoms with Crippen molar-refractivity contribution < 1.29 is 13.9 Å². The van der Waals surface area contributed by atoms with Crippen LogP contribution in [0.4, 0.5) is 0 Å². The van der Waals surface area contributed by atoms with Crippen LogP contribution < -0.4 is 10.1 Å². The molecule has 2 aromatic carbocycles. The zero-order valence-corrected chi connectivity index (χ0v) is 16.3. The molecule has 0 unspecified atom stereocenters. The number of amides is 1. The fraction of sp³-hybridized carbons (Fsp3) is 0.364. The number of ether oxygens (including phenoxy) is 1. The van der Waals surface area contributed by atoms with Crippen LogP contribution >= 0.6 is 0 Å². The van der Waals surface area contributed by atoms with Gasteiger partial charge in [0.25, 0.3) is 5.91 Å². The van der Waals surface area contributed by atoms with E-state index < -0.39 is 0 Å². The van der Waals surface area contributed by atoms with Crippen LogP contribution in [0.5, 0.6) is 5.75 Å².